The lowest BCUT2D eigenvalue weighted by Crippen LogP contribution is -2.09. The van der Waals surface area contributed by atoms with Crippen LogP contribution < -0.4 is 0 Å². The van der Waals surface area contributed by atoms with Crippen LogP contribution in [0.3, 0.4) is 0 Å². The summed E-state index contributed by atoms with van der Waals surface area (Å²) in [5.74, 6) is -0.0721. The summed E-state index contributed by atoms with van der Waals surface area (Å²) in [5.41, 5.74) is 2.27. The van der Waals surface area contributed by atoms with Crippen LogP contribution in [0.2, 0.25) is 0 Å². The highest BCUT2D eigenvalue weighted by Crippen LogP contribution is 2.23. The number of hydrogen-bond acceptors (Lipinski definition) is 5. The molecule has 0 atom stereocenters. The molecule has 0 aromatic carbocycles. The molecule has 1 aromatic heterocycles. The van der Waals surface area contributed by atoms with Crippen molar-refractivity contribution in [3.8, 4) is 6.07 Å². The van der Waals surface area contributed by atoms with Crippen LogP contribution >= 0.6 is 11.8 Å². The number of hydrogen-bond donors (Lipinski definition) is 0. The summed E-state index contributed by atoms with van der Waals surface area (Å²) in [6.07, 6.45) is 1.87. The van der Waals surface area contributed by atoms with E-state index in [9.17, 15) is 4.79 Å². The van der Waals surface area contributed by atoms with Crippen LogP contribution in [-0.2, 0) is 9.53 Å². The monoisotopic (exact) mass is 278 g/mol. The van der Waals surface area contributed by atoms with Crippen molar-refractivity contribution in [1.29, 1.82) is 5.26 Å². The molecule has 0 saturated heterocycles. The van der Waals surface area contributed by atoms with Gasteiger partial charge in [-0.15, -0.1) is 0 Å². The Kier molecular flexibility index (Phi) is 6.37. The number of esters is 1. The van der Waals surface area contributed by atoms with Crippen LogP contribution in [0.4, 0.5) is 0 Å². The predicted octanol–water partition coefficient (Wildman–Crippen LogP) is 3.01. The number of nitriles is 1. The lowest BCUT2D eigenvalue weighted by Gasteiger charge is -2.07. The molecule has 0 aliphatic rings. The molecule has 1 rings (SSSR count). The Hall–Kier alpha value is -1.54. The molecule has 1 heterocycles. The molecule has 0 aliphatic heterocycles. The summed E-state index contributed by atoms with van der Waals surface area (Å²) in [5, 5.41) is 9.71. The van der Waals surface area contributed by atoms with E-state index in [0.29, 0.717) is 17.2 Å². The van der Waals surface area contributed by atoms with Crippen molar-refractivity contribution < 1.29 is 9.53 Å². The van der Waals surface area contributed by atoms with Crippen molar-refractivity contribution in [1.82, 2.24) is 4.98 Å². The maximum atomic E-state index is 11.5. The topological polar surface area (TPSA) is 63.0 Å². The second-order valence-electron chi connectivity index (χ2n) is 4.24. The molecule has 0 fully saturated rings. The van der Waals surface area contributed by atoms with Gasteiger partial charge in [-0.05, 0) is 31.9 Å². The van der Waals surface area contributed by atoms with Crippen LogP contribution in [0, 0.1) is 25.2 Å². The van der Waals surface area contributed by atoms with E-state index in [2.05, 4.69) is 11.1 Å². The molecule has 1 aromatic rings. The number of nitrogens with zero attached hydrogens (tertiary/aromatic N) is 2. The van der Waals surface area contributed by atoms with E-state index in [0.717, 1.165) is 24.1 Å². The van der Waals surface area contributed by atoms with Crippen molar-refractivity contribution in [2.24, 2.45) is 0 Å². The number of aromatic nitrogens is 1. The predicted molar refractivity (Wildman–Crippen MR) is 75.0 cm³/mol. The van der Waals surface area contributed by atoms with Gasteiger partial charge in [-0.1, -0.05) is 25.1 Å². The molecule has 0 unspecified atom stereocenters. The maximum absolute atomic E-state index is 11.5. The van der Waals surface area contributed by atoms with E-state index >= 15 is 0 Å². The first-order valence-electron chi connectivity index (χ1n) is 6.25. The summed E-state index contributed by atoms with van der Waals surface area (Å²) >= 11 is 1.26. The number of unbranched alkanes of at least 4 members (excludes halogenated alkanes) is 1. The second kappa shape index (κ2) is 7.80. The third kappa shape index (κ3) is 4.92. The average Bonchev–Trinajstić information content (AvgIpc) is 2.36. The fraction of sp³-hybridized carbons (Fsp3) is 0.500. The zero-order chi connectivity index (χ0) is 14.3. The number of carbonyl (C=O) groups is 1. The number of carbonyl (C=O) groups excluding carboxylic acids is 1. The molecular weight excluding hydrogens is 260 g/mol. The summed E-state index contributed by atoms with van der Waals surface area (Å²) in [7, 11) is 0. The molecule has 0 bridgehead atoms. The summed E-state index contributed by atoms with van der Waals surface area (Å²) in [6.45, 7) is 6.25. The van der Waals surface area contributed by atoms with Gasteiger partial charge in [-0.25, -0.2) is 4.98 Å². The van der Waals surface area contributed by atoms with E-state index in [1.807, 2.05) is 26.8 Å². The highest BCUT2D eigenvalue weighted by Gasteiger charge is 2.11. The molecule has 0 amide bonds. The molecule has 5 heteroatoms. The van der Waals surface area contributed by atoms with Crippen LogP contribution in [-0.4, -0.2) is 23.3 Å². The SMILES string of the molecule is CCCCOC(=O)CSc1nc(C)cc(C)c1C#N. The minimum atomic E-state index is -0.261. The molecular formula is C14H18N2O2S. The lowest BCUT2D eigenvalue weighted by molar-refractivity contribution is -0.140. The van der Waals surface area contributed by atoms with Crippen LogP contribution in [0.5, 0.6) is 0 Å². The Morgan fingerprint density at radius 3 is 2.89 bits per heavy atom. The summed E-state index contributed by atoms with van der Waals surface area (Å²) in [6, 6.07) is 3.99. The molecule has 0 N–H and O–H groups in total. The van der Waals surface area contributed by atoms with Crippen LogP contribution in [0.25, 0.3) is 0 Å². The van der Waals surface area contributed by atoms with Gasteiger partial charge in [-0.3, -0.25) is 4.79 Å². The number of aryl methyl sites for hydroxylation is 2. The van der Waals surface area contributed by atoms with Gasteiger partial charge in [0.15, 0.2) is 0 Å². The number of thioether (sulfide) groups is 1. The van der Waals surface area contributed by atoms with E-state index in [1.165, 1.54) is 11.8 Å². The summed E-state index contributed by atoms with van der Waals surface area (Å²) < 4.78 is 5.07. The summed E-state index contributed by atoms with van der Waals surface area (Å²) in [4.78, 5) is 15.8. The first-order valence-corrected chi connectivity index (χ1v) is 7.23. The molecule has 0 aliphatic carbocycles. The van der Waals surface area contributed by atoms with Crippen LogP contribution in [0.1, 0.15) is 36.6 Å². The van der Waals surface area contributed by atoms with Gasteiger partial charge in [0.2, 0.25) is 0 Å². The fourth-order valence-electron chi connectivity index (χ4n) is 1.54. The van der Waals surface area contributed by atoms with Crippen LogP contribution in [0.15, 0.2) is 11.1 Å². The van der Waals surface area contributed by atoms with E-state index in [4.69, 9.17) is 10.00 Å². The number of pyridine rings is 1. The van der Waals surface area contributed by atoms with E-state index in [-0.39, 0.29) is 11.7 Å². The third-order valence-corrected chi connectivity index (χ3v) is 3.46. The normalized spacial score (nSPS) is 10.0. The maximum Gasteiger partial charge on any atom is 0.316 e. The number of ether oxygens (including phenoxy) is 1. The van der Waals surface area contributed by atoms with Gasteiger partial charge >= 0.3 is 5.97 Å². The third-order valence-electron chi connectivity index (χ3n) is 2.51. The Bertz CT molecular complexity index is 495. The molecule has 0 spiro atoms. The molecule has 0 saturated carbocycles. The standard InChI is InChI=1S/C14H18N2O2S/c1-4-5-6-18-13(17)9-19-14-12(8-15)10(2)7-11(3)16-14/h7H,4-6,9H2,1-3H3. The van der Waals surface area contributed by atoms with E-state index in [1.54, 1.807) is 0 Å². The Balaban J connectivity index is 2.63. The van der Waals surface area contributed by atoms with Crippen molar-refractivity contribution >= 4 is 17.7 Å². The molecule has 19 heavy (non-hydrogen) atoms. The van der Waals surface area contributed by atoms with Gasteiger partial charge in [0, 0.05) is 5.69 Å². The van der Waals surface area contributed by atoms with Gasteiger partial charge in [0.1, 0.15) is 11.1 Å². The van der Waals surface area contributed by atoms with Gasteiger partial charge in [0.25, 0.3) is 0 Å². The van der Waals surface area contributed by atoms with E-state index < -0.39 is 0 Å². The minimum Gasteiger partial charge on any atom is -0.465 e. The molecule has 4 nitrogen and oxygen atoms in total. The first-order chi connectivity index (χ1) is 9.08. The highest BCUT2D eigenvalue weighted by atomic mass is 32.2. The highest BCUT2D eigenvalue weighted by molar-refractivity contribution is 7.99. The largest absolute Gasteiger partial charge is 0.465 e. The molecule has 0 radical (unpaired) electrons. The smallest absolute Gasteiger partial charge is 0.316 e. The van der Waals surface area contributed by atoms with Crippen molar-refractivity contribution in [2.75, 3.05) is 12.4 Å². The quantitative estimate of drug-likeness (QED) is 0.455. The zero-order valence-electron chi connectivity index (χ0n) is 11.5. The average molecular weight is 278 g/mol. The van der Waals surface area contributed by atoms with Crippen molar-refractivity contribution in [3.63, 3.8) is 0 Å². The molecule has 102 valence electrons. The van der Waals surface area contributed by atoms with Gasteiger partial charge in [-0.2, -0.15) is 5.26 Å². The first kappa shape index (κ1) is 15.5. The Morgan fingerprint density at radius 2 is 2.26 bits per heavy atom. The Labute approximate surface area is 118 Å². The second-order valence-corrected chi connectivity index (χ2v) is 5.20. The zero-order valence-corrected chi connectivity index (χ0v) is 12.3. The number of rotatable bonds is 6. The Morgan fingerprint density at radius 1 is 1.53 bits per heavy atom. The van der Waals surface area contributed by atoms with Crippen molar-refractivity contribution in [3.05, 3.63) is 22.9 Å². The van der Waals surface area contributed by atoms with Gasteiger partial charge in [0.05, 0.1) is 17.9 Å². The minimum absolute atomic E-state index is 0.189. The lowest BCUT2D eigenvalue weighted by atomic mass is 10.1. The fourth-order valence-corrected chi connectivity index (χ4v) is 2.44. The van der Waals surface area contributed by atoms with Gasteiger partial charge < -0.3 is 4.74 Å². The van der Waals surface area contributed by atoms with Crippen molar-refractivity contribution in [2.45, 2.75) is 38.6 Å².